The molecule has 0 spiro atoms. The zero-order chi connectivity index (χ0) is 19.8. The molecule has 4 N–H and O–H groups in total. The summed E-state index contributed by atoms with van der Waals surface area (Å²) < 4.78 is 5.64. The number of hydrogen-bond donors (Lipinski definition) is 3. The molecule has 6 nitrogen and oxygen atoms in total. The van der Waals surface area contributed by atoms with Gasteiger partial charge in [-0.05, 0) is 73.1 Å². The Morgan fingerprint density at radius 3 is 2.19 bits per heavy atom. The van der Waals surface area contributed by atoms with Crippen molar-refractivity contribution in [2.24, 2.45) is 11.7 Å². The summed E-state index contributed by atoms with van der Waals surface area (Å²) in [6.45, 7) is 4.92. The summed E-state index contributed by atoms with van der Waals surface area (Å²) in [5, 5.41) is 5.65. The molecule has 7 heteroatoms. The van der Waals surface area contributed by atoms with Gasteiger partial charge in [-0.15, -0.1) is 0 Å². The molecule has 0 bridgehead atoms. The predicted octanol–water partition coefficient (Wildman–Crippen LogP) is 3.34. The van der Waals surface area contributed by atoms with Crippen molar-refractivity contribution in [2.45, 2.75) is 20.3 Å². The lowest BCUT2D eigenvalue weighted by Crippen LogP contribution is -2.34. The van der Waals surface area contributed by atoms with Crippen LogP contribution in [-0.4, -0.2) is 23.5 Å². The third-order valence-corrected chi connectivity index (χ3v) is 3.94. The van der Waals surface area contributed by atoms with E-state index in [4.69, 9.17) is 22.7 Å². The van der Waals surface area contributed by atoms with E-state index in [1.165, 1.54) is 0 Å². The maximum atomic E-state index is 12.3. The predicted molar refractivity (Wildman–Crippen MR) is 110 cm³/mol. The lowest BCUT2D eigenvalue weighted by atomic mass is 10.1. The quantitative estimate of drug-likeness (QED) is 0.636. The van der Waals surface area contributed by atoms with E-state index in [1.54, 1.807) is 48.5 Å². The van der Waals surface area contributed by atoms with Crippen LogP contribution in [0.25, 0.3) is 0 Å². The minimum absolute atomic E-state index is 0.157. The minimum Gasteiger partial charge on any atom is -0.494 e. The van der Waals surface area contributed by atoms with Crippen molar-refractivity contribution in [1.29, 1.82) is 0 Å². The second-order valence-electron chi connectivity index (χ2n) is 6.41. The molecule has 2 rings (SSSR count). The lowest BCUT2D eigenvalue weighted by Gasteiger charge is -2.11. The summed E-state index contributed by atoms with van der Waals surface area (Å²) in [6.07, 6.45) is 0.975. The smallest absolute Gasteiger partial charge is 0.257 e. The second kappa shape index (κ2) is 9.68. The number of benzene rings is 2. The molecule has 0 radical (unpaired) electrons. The number of primary amides is 1. The van der Waals surface area contributed by atoms with Gasteiger partial charge in [0.1, 0.15) is 5.75 Å². The minimum atomic E-state index is -0.505. The van der Waals surface area contributed by atoms with E-state index >= 15 is 0 Å². The first-order valence-electron chi connectivity index (χ1n) is 8.60. The highest BCUT2D eigenvalue weighted by molar-refractivity contribution is 7.80. The highest BCUT2D eigenvalue weighted by atomic mass is 32.1. The third kappa shape index (κ3) is 6.71. The van der Waals surface area contributed by atoms with E-state index in [0.29, 0.717) is 29.3 Å². The number of rotatable bonds is 7. The van der Waals surface area contributed by atoms with Crippen molar-refractivity contribution >= 4 is 34.8 Å². The van der Waals surface area contributed by atoms with Crippen LogP contribution in [0.4, 0.5) is 5.69 Å². The van der Waals surface area contributed by atoms with Gasteiger partial charge < -0.3 is 15.8 Å². The molecule has 142 valence electrons. The van der Waals surface area contributed by atoms with Gasteiger partial charge in [-0.1, -0.05) is 13.8 Å². The van der Waals surface area contributed by atoms with Crippen molar-refractivity contribution in [1.82, 2.24) is 5.32 Å². The maximum absolute atomic E-state index is 12.3. The standard InChI is InChI=1S/C20H23N3O3S/c1-13(2)11-12-26-17-9-5-15(6-10-17)19(25)23-20(27)22-16-7-3-14(4-8-16)18(21)24/h3-10,13H,11-12H2,1-2H3,(H2,21,24)(H2,22,23,25,27). The third-order valence-electron chi connectivity index (χ3n) is 3.73. The molecule has 2 aromatic rings. The molecular weight excluding hydrogens is 362 g/mol. The Kier molecular flexibility index (Phi) is 7.31. The van der Waals surface area contributed by atoms with E-state index in [0.717, 1.165) is 12.2 Å². The zero-order valence-corrected chi connectivity index (χ0v) is 16.1. The van der Waals surface area contributed by atoms with E-state index in [2.05, 4.69) is 24.5 Å². The van der Waals surface area contributed by atoms with Gasteiger partial charge in [0.05, 0.1) is 6.61 Å². The van der Waals surface area contributed by atoms with Crippen molar-refractivity contribution in [3.63, 3.8) is 0 Å². The molecule has 0 heterocycles. The van der Waals surface area contributed by atoms with Gasteiger partial charge in [0, 0.05) is 16.8 Å². The first-order valence-corrected chi connectivity index (χ1v) is 9.01. The highest BCUT2D eigenvalue weighted by Crippen LogP contribution is 2.14. The van der Waals surface area contributed by atoms with Crippen LogP contribution in [0, 0.1) is 5.92 Å². The molecule has 0 aliphatic heterocycles. The summed E-state index contributed by atoms with van der Waals surface area (Å²) >= 11 is 5.14. The number of anilines is 1. The van der Waals surface area contributed by atoms with E-state index in [9.17, 15) is 9.59 Å². The molecule has 27 heavy (non-hydrogen) atoms. The number of nitrogens with two attached hydrogens (primary N) is 1. The van der Waals surface area contributed by atoms with Crippen molar-refractivity contribution in [3.05, 3.63) is 59.7 Å². The molecule has 0 aliphatic rings. The number of carbonyl (C=O) groups is 2. The Hall–Kier alpha value is -2.93. The van der Waals surface area contributed by atoms with Gasteiger partial charge in [-0.2, -0.15) is 0 Å². The van der Waals surface area contributed by atoms with Crippen LogP contribution in [0.2, 0.25) is 0 Å². The van der Waals surface area contributed by atoms with Gasteiger partial charge in [0.25, 0.3) is 5.91 Å². The van der Waals surface area contributed by atoms with Gasteiger partial charge in [-0.3, -0.25) is 14.9 Å². The van der Waals surface area contributed by atoms with Gasteiger partial charge in [0.2, 0.25) is 5.91 Å². The molecule has 0 saturated carbocycles. The summed E-state index contributed by atoms with van der Waals surface area (Å²) in [5.74, 6) is 0.474. The van der Waals surface area contributed by atoms with Crippen molar-refractivity contribution in [3.8, 4) is 5.75 Å². The molecule has 0 fully saturated rings. The molecule has 0 aliphatic carbocycles. The number of hydrogen-bond acceptors (Lipinski definition) is 4. The molecule has 0 saturated heterocycles. The summed E-state index contributed by atoms with van der Waals surface area (Å²) in [5.41, 5.74) is 6.70. The second-order valence-corrected chi connectivity index (χ2v) is 6.81. The Balaban J connectivity index is 1.86. The first kappa shape index (κ1) is 20.4. The average Bonchev–Trinajstić information content (AvgIpc) is 2.62. The fourth-order valence-corrected chi connectivity index (χ4v) is 2.38. The normalized spacial score (nSPS) is 10.3. The fraction of sp³-hybridized carbons (Fsp3) is 0.250. The Morgan fingerprint density at radius 2 is 1.63 bits per heavy atom. The maximum Gasteiger partial charge on any atom is 0.257 e. The van der Waals surface area contributed by atoms with Crippen LogP contribution in [0.3, 0.4) is 0 Å². The van der Waals surface area contributed by atoms with Crippen LogP contribution < -0.4 is 21.1 Å². The average molecular weight is 385 g/mol. The fourth-order valence-electron chi connectivity index (χ4n) is 2.17. The zero-order valence-electron chi connectivity index (χ0n) is 15.3. The van der Waals surface area contributed by atoms with Gasteiger partial charge in [-0.25, -0.2) is 0 Å². The largest absolute Gasteiger partial charge is 0.494 e. The number of carbonyl (C=O) groups excluding carboxylic acids is 2. The van der Waals surface area contributed by atoms with Crippen LogP contribution >= 0.6 is 12.2 Å². The van der Waals surface area contributed by atoms with Crippen LogP contribution in [0.15, 0.2) is 48.5 Å². The van der Waals surface area contributed by atoms with Crippen molar-refractivity contribution in [2.75, 3.05) is 11.9 Å². The first-order chi connectivity index (χ1) is 12.8. The molecule has 0 unspecified atom stereocenters. The monoisotopic (exact) mass is 385 g/mol. The number of nitrogens with one attached hydrogen (secondary N) is 2. The number of ether oxygens (including phenoxy) is 1. The SMILES string of the molecule is CC(C)CCOc1ccc(C(=O)NC(=S)Nc2ccc(C(N)=O)cc2)cc1. The van der Waals surface area contributed by atoms with Crippen LogP contribution in [0.5, 0.6) is 5.75 Å². The Bertz CT molecular complexity index is 802. The van der Waals surface area contributed by atoms with Gasteiger partial charge >= 0.3 is 0 Å². The topological polar surface area (TPSA) is 93.4 Å². The Labute approximate surface area is 164 Å². The molecule has 2 amide bonds. The molecular formula is C20H23N3O3S. The lowest BCUT2D eigenvalue weighted by molar-refractivity contribution is 0.0975. The summed E-state index contributed by atoms with van der Waals surface area (Å²) in [7, 11) is 0. The Morgan fingerprint density at radius 1 is 1.04 bits per heavy atom. The summed E-state index contributed by atoms with van der Waals surface area (Å²) in [4.78, 5) is 23.3. The van der Waals surface area contributed by atoms with E-state index < -0.39 is 5.91 Å². The van der Waals surface area contributed by atoms with Crippen LogP contribution in [-0.2, 0) is 0 Å². The number of thiocarbonyl (C=S) groups is 1. The van der Waals surface area contributed by atoms with Gasteiger partial charge in [0.15, 0.2) is 5.11 Å². The highest BCUT2D eigenvalue weighted by Gasteiger charge is 2.09. The number of amides is 2. The molecule has 2 aromatic carbocycles. The molecule has 0 atom stereocenters. The summed E-state index contributed by atoms with van der Waals surface area (Å²) in [6, 6.07) is 13.3. The van der Waals surface area contributed by atoms with Crippen LogP contribution in [0.1, 0.15) is 41.0 Å². The molecule has 0 aromatic heterocycles. The van der Waals surface area contributed by atoms with E-state index in [1.807, 2.05) is 0 Å². The van der Waals surface area contributed by atoms with E-state index in [-0.39, 0.29) is 11.0 Å². The van der Waals surface area contributed by atoms with Crippen molar-refractivity contribution < 1.29 is 14.3 Å².